The third-order valence-electron chi connectivity index (χ3n) is 6.26. The maximum atomic E-state index is 14.0. The molecule has 0 saturated heterocycles. The third kappa shape index (κ3) is 7.75. The molecule has 2 amide bonds. The minimum atomic E-state index is -4.11. The highest BCUT2D eigenvalue weighted by atomic mass is 35.5. The van der Waals surface area contributed by atoms with Crippen LogP contribution in [0.2, 0.25) is 10.0 Å². The van der Waals surface area contributed by atoms with Crippen LogP contribution in [0, 0.1) is 0 Å². The monoisotopic (exact) mass is 589 g/mol. The number of halogens is 2. The van der Waals surface area contributed by atoms with Crippen LogP contribution in [0.25, 0.3) is 0 Å². The summed E-state index contributed by atoms with van der Waals surface area (Å²) in [5.41, 5.74) is 0.803. The fourth-order valence-electron chi connectivity index (χ4n) is 4.12. The van der Waals surface area contributed by atoms with Gasteiger partial charge < -0.3 is 10.2 Å². The van der Waals surface area contributed by atoms with Gasteiger partial charge in [-0.1, -0.05) is 85.9 Å². The van der Waals surface area contributed by atoms with Crippen molar-refractivity contribution in [2.45, 2.75) is 50.6 Å². The second-order valence-electron chi connectivity index (χ2n) is 8.95. The molecule has 0 aromatic heterocycles. The number of amides is 2. The van der Waals surface area contributed by atoms with Gasteiger partial charge in [-0.05, 0) is 49.2 Å². The Morgan fingerprint density at radius 2 is 1.46 bits per heavy atom. The molecule has 0 unspecified atom stereocenters. The summed E-state index contributed by atoms with van der Waals surface area (Å²) in [6, 6.07) is 20.5. The van der Waals surface area contributed by atoms with Crippen LogP contribution >= 0.6 is 23.2 Å². The Morgan fingerprint density at radius 1 is 0.872 bits per heavy atom. The topological polar surface area (TPSA) is 86.8 Å². The lowest BCUT2D eigenvalue weighted by molar-refractivity contribution is -0.140. The van der Waals surface area contributed by atoms with E-state index in [0.717, 1.165) is 17.1 Å². The van der Waals surface area contributed by atoms with Gasteiger partial charge in [0.2, 0.25) is 11.8 Å². The van der Waals surface area contributed by atoms with Gasteiger partial charge in [0.1, 0.15) is 12.6 Å². The van der Waals surface area contributed by atoms with Crippen LogP contribution in [0.15, 0.2) is 83.8 Å². The molecule has 39 heavy (non-hydrogen) atoms. The Hall–Kier alpha value is -3.07. The standard InChI is InChI=1S/C29H33Cl2N3O4S/c1-3-5-19-32-29(36)27(4-2)33(20-24-25(30)17-12-18-26(24)31)28(35)21-34(22-13-8-6-9-14-22)39(37,38)23-15-10-7-11-16-23/h6-18,27H,3-5,19-21H2,1-2H3,(H,32,36)/t27-/m1/s1. The van der Waals surface area contributed by atoms with Crippen LogP contribution in [0.5, 0.6) is 0 Å². The molecule has 3 rings (SSSR count). The predicted molar refractivity (Wildman–Crippen MR) is 156 cm³/mol. The zero-order valence-electron chi connectivity index (χ0n) is 22.0. The molecule has 7 nitrogen and oxygen atoms in total. The Labute approximate surface area is 240 Å². The second kappa shape index (κ2) is 14.4. The number of hydrogen-bond acceptors (Lipinski definition) is 4. The fourth-order valence-corrected chi connectivity index (χ4v) is 6.07. The summed E-state index contributed by atoms with van der Waals surface area (Å²) in [5.74, 6) is -0.883. The molecule has 0 fully saturated rings. The summed E-state index contributed by atoms with van der Waals surface area (Å²) in [6.07, 6.45) is 2.00. The highest BCUT2D eigenvalue weighted by molar-refractivity contribution is 7.92. The summed E-state index contributed by atoms with van der Waals surface area (Å²) in [7, 11) is -4.11. The van der Waals surface area contributed by atoms with Crippen LogP contribution in [-0.2, 0) is 26.2 Å². The van der Waals surface area contributed by atoms with Gasteiger partial charge in [0.25, 0.3) is 10.0 Å². The van der Waals surface area contributed by atoms with Crippen molar-refractivity contribution in [3.63, 3.8) is 0 Å². The van der Waals surface area contributed by atoms with E-state index in [4.69, 9.17) is 23.2 Å². The maximum absolute atomic E-state index is 14.0. The first kappa shape index (κ1) is 30.5. The van der Waals surface area contributed by atoms with Crippen molar-refractivity contribution in [1.82, 2.24) is 10.2 Å². The van der Waals surface area contributed by atoms with Gasteiger partial charge in [0.15, 0.2) is 0 Å². The van der Waals surface area contributed by atoms with Crippen molar-refractivity contribution < 1.29 is 18.0 Å². The van der Waals surface area contributed by atoms with Crippen molar-refractivity contribution in [2.75, 3.05) is 17.4 Å². The molecule has 0 aliphatic carbocycles. The van der Waals surface area contributed by atoms with E-state index in [0.29, 0.717) is 34.3 Å². The van der Waals surface area contributed by atoms with Crippen molar-refractivity contribution in [3.8, 4) is 0 Å². The summed E-state index contributed by atoms with van der Waals surface area (Å²) in [6.45, 7) is 3.70. The van der Waals surface area contributed by atoms with Crippen molar-refractivity contribution in [2.24, 2.45) is 0 Å². The Bertz CT molecular complexity index is 1340. The lowest BCUT2D eigenvalue weighted by Crippen LogP contribution is -2.52. The maximum Gasteiger partial charge on any atom is 0.264 e. The third-order valence-corrected chi connectivity index (χ3v) is 8.76. The largest absolute Gasteiger partial charge is 0.354 e. The molecule has 0 aliphatic heterocycles. The first-order valence-corrected chi connectivity index (χ1v) is 15.0. The number of carbonyl (C=O) groups is 2. The van der Waals surface area contributed by atoms with Gasteiger partial charge in [0.05, 0.1) is 10.6 Å². The van der Waals surface area contributed by atoms with E-state index >= 15 is 0 Å². The highest BCUT2D eigenvalue weighted by Gasteiger charge is 2.34. The minimum Gasteiger partial charge on any atom is -0.354 e. The molecule has 10 heteroatoms. The van der Waals surface area contributed by atoms with E-state index in [1.807, 2.05) is 6.92 Å². The van der Waals surface area contributed by atoms with E-state index in [-0.39, 0.29) is 17.3 Å². The zero-order chi connectivity index (χ0) is 28.4. The zero-order valence-corrected chi connectivity index (χ0v) is 24.3. The first-order chi connectivity index (χ1) is 18.7. The van der Waals surface area contributed by atoms with E-state index in [1.165, 1.54) is 17.0 Å². The van der Waals surface area contributed by atoms with Crippen LogP contribution in [0.1, 0.15) is 38.7 Å². The number of para-hydroxylation sites is 1. The predicted octanol–water partition coefficient (Wildman–Crippen LogP) is 5.91. The SMILES string of the molecule is CCCCNC(=O)[C@@H](CC)N(Cc1c(Cl)cccc1Cl)C(=O)CN(c1ccccc1)S(=O)(=O)c1ccccc1. The average molecular weight is 591 g/mol. The van der Waals surface area contributed by atoms with Gasteiger partial charge in [-0.25, -0.2) is 8.42 Å². The number of carbonyl (C=O) groups excluding carboxylic acids is 2. The van der Waals surface area contributed by atoms with Crippen LogP contribution in [0.3, 0.4) is 0 Å². The molecule has 0 spiro atoms. The molecular formula is C29H33Cl2N3O4S. The molecular weight excluding hydrogens is 557 g/mol. The van der Waals surface area contributed by atoms with Crippen molar-refractivity contribution >= 4 is 50.7 Å². The molecule has 3 aromatic carbocycles. The van der Waals surface area contributed by atoms with Crippen molar-refractivity contribution in [3.05, 3.63) is 94.5 Å². The first-order valence-electron chi connectivity index (χ1n) is 12.8. The minimum absolute atomic E-state index is 0.0479. The van der Waals surface area contributed by atoms with Gasteiger partial charge >= 0.3 is 0 Å². The average Bonchev–Trinajstić information content (AvgIpc) is 2.94. The molecule has 0 aliphatic rings. The van der Waals surface area contributed by atoms with Crippen LogP contribution in [-0.4, -0.2) is 44.3 Å². The molecule has 0 saturated carbocycles. The van der Waals surface area contributed by atoms with Gasteiger partial charge in [0, 0.05) is 28.7 Å². The quantitative estimate of drug-likeness (QED) is 0.251. The van der Waals surface area contributed by atoms with Crippen LogP contribution < -0.4 is 9.62 Å². The highest BCUT2D eigenvalue weighted by Crippen LogP contribution is 2.28. The molecule has 0 radical (unpaired) electrons. The number of rotatable bonds is 13. The number of nitrogens with zero attached hydrogens (tertiary/aromatic N) is 2. The number of sulfonamides is 1. The normalized spacial score (nSPS) is 12.0. The number of unbranched alkanes of at least 4 members (excludes halogenated alkanes) is 1. The molecule has 3 aromatic rings. The summed E-state index contributed by atoms with van der Waals surface area (Å²) < 4.78 is 28.5. The van der Waals surface area contributed by atoms with Gasteiger partial charge in [-0.15, -0.1) is 0 Å². The van der Waals surface area contributed by atoms with E-state index in [2.05, 4.69) is 5.32 Å². The Balaban J connectivity index is 2.04. The molecule has 0 bridgehead atoms. The lowest BCUT2D eigenvalue weighted by atomic mass is 10.1. The number of benzene rings is 3. The Morgan fingerprint density at radius 3 is 2.03 bits per heavy atom. The lowest BCUT2D eigenvalue weighted by Gasteiger charge is -2.33. The molecule has 208 valence electrons. The van der Waals surface area contributed by atoms with E-state index in [1.54, 1.807) is 73.7 Å². The summed E-state index contributed by atoms with van der Waals surface area (Å²) in [4.78, 5) is 28.7. The molecule has 1 atom stereocenters. The van der Waals surface area contributed by atoms with Gasteiger partial charge in [-0.3, -0.25) is 13.9 Å². The smallest absolute Gasteiger partial charge is 0.264 e. The second-order valence-corrected chi connectivity index (χ2v) is 11.6. The number of nitrogens with one attached hydrogen (secondary N) is 1. The van der Waals surface area contributed by atoms with E-state index < -0.39 is 28.5 Å². The number of hydrogen-bond donors (Lipinski definition) is 1. The number of anilines is 1. The van der Waals surface area contributed by atoms with Crippen molar-refractivity contribution in [1.29, 1.82) is 0 Å². The van der Waals surface area contributed by atoms with Crippen LogP contribution in [0.4, 0.5) is 5.69 Å². The molecule has 0 heterocycles. The molecule has 1 N–H and O–H groups in total. The van der Waals surface area contributed by atoms with E-state index in [9.17, 15) is 18.0 Å². The fraction of sp³-hybridized carbons (Fsp3) is 0.310. The Kier molecular flexibility index (Phi) is 11.2. The van der Waals surface area contributed by atoms with Gasteiger partial charge in [-0.2, -0.15) is 0 Å². The summed E-state index contributed by atoms with van der Waals surface area (Å²) in [5, 5.41) is 3.59. The summed E-state index contributed by atoms with van der Waals surface area (Å²) >= 11 is 12.9.